The fourth-order valence-corrected chi connectivity index (χ4v) is 5.79. The summed E-state index contributed by atoms with van der Waals surface area (Å²) in [6.07, 6.45) is 2.79. The summed E-state index contributed by atoms with van der Waals surface area (Å²) < 4.78 is 0. The number of aromatic carboxylic acids is 1. The molecule has 3 atom stereocenters. The van der Waals surface area contributed by atoms with Gasteiger partial charge in [0, 0.05) is 36.9 Å². The topological polar surface area (TPSA) is 106 Å². The summed E-state index contributed by atoms with van der Waals surface area (Å²) >= 11 is 0. The van der Waals surface area contributed by atoms with Gasteiger partial charge in [-0.3, -0.25) is 4.79 Å². The van der Waals surface area contributed by atoms with Gasteiger partial charge in [-0.2, -0.15) is 0 Å². The molecule has 0 unspecified atom stereocenters. The molecule has 0 spiro atoms. The lowest BCUT2D eigenvalue weighted by Gasteiger charge is -2.22. The third-order valence-electron chi connectivity index (χ3n) is 7.57. The second-order valence-corrected chi connectivity index (χ2v) is 9.70. The van der Waals surface area contributed by atoms with Crippen LogP contribution in [-0.4, -0.2) is 40.3 Å². The summed E-state index contributed by atoms with van der Waals surface area (Å²) in [7, 11) is 0. The van der Waals surface area contributed by atoms with Crippen molar-refractivity contribution < 1.29 is 15.0 Å². The Hall–Kier alpha value is -3.58. The van der Waals surface area contributed by atoms with E-state index in [2.05, 4.69) is 39.5 Å². The van der Waals surface area contributed by atoms with Crippen molar-refractivity contribution in [1.82, 2.24) is 10.3 Å². The van der Waals surface area contributed by atoms with E-state index in [1.165, 1.54) is 18.4 Å². The van der Waals surface area contributed by atoms with Gasteiger partial charge in [-0.25, -0.2) is 4.79 Å². The summed E-state index contributed by atoms with van der Waals surface area (Å²) in [5.74, 6) is -0.513. The molecular formula is C28H31N3O4. The highest BCUT2D eigenvalue weighted by atomic mass is 16.4. The summed E-state index contributed by atoms with van der Waals surface area (Å²) in [6, 6.07) is 19.0. The van der Waals surface area contributed by atoms with E-state index in [1.807, 2.05) is 37.3 Å². The number of pyridine rings is 1. The maximum atomic E-state index is 12.3. The minimum Gasteiger partial charge on any atom is -0.506 e. The molecule has 2 aromatic carbocycles. The van der Waals surface area contributed by atoms with Gasteiger partial charge < -0.3 is 25.4 Å². The van der Waals surface area contributed by atoms with Gasteiger partial charge in [0.15, 0.2) is 5.56 Å². The van der Waals surface area contributed by atoms with E-state index in [-0.39, 0.29) is 0 Å². The molecular weight excluding hydrogens is 442 g/mol. The summed E-state index contributed by atoms with van der Waals surface area (Å²) in [4.78, 5) is 28.7. The van der Waals surface area contributed by atoms with Crippen LogP contribution in [0.4, 0.5) is 5.69 Å². The van der Waals surface area contributed by atoms with E-state index in [9.17, 15) is 19.8 Å². The maximum absolute atomic E-state index is 12.3. The van der Waals surface area contributed by atoms with E-state index in [4.69, 9.17) is 0 Å². The van der Waals surface area contributed by atoms with Crippen molar-refractivity contribution in [1.29, 1.82) is 0 Å². The van der Waals surface area contributed by atoms with Gasteiger partial charge in [0.05, 0.1) is 5.69 Å². The monoisotopic (exact) mass is 473 g/mol. The van der Waals surface area contributed by atoms with Crippen molar-refractivity contribution in [3.05, 3.63) is 81.6 Å². The Kier molecular flexibility index (Phi) is 6.34. The molecule has 3 aromatic rings. The highest BCUT2D eigenvalue weighted by Crippen LogP contribution is 2.40. The van der Waals surface area contributed by atoms with Gasteiger partial charge >= 0.3 is 5.97 Å². The van der Waals surface area contributed by atoms with Gasteiger partial charge in [-0.15, -0.1) is 0 Å². The van der Waals surface area contributed by atoms with Crippen LogP contribution in [-0.2, 0) is 13.0 Å². The number of aromatic amines is 1. The van der Waals surface area contributed by atoms with Crippen LogP contribution in [0, 0.1) is 11.8 Å². The second-order valence-electron chi connectivity index (χ2n) is 9.70. The molecule has 182 valence electrons. The second kappa shape index (κ2) is 9.58. The van der Waals surface area contributed by atoms with Crippen LogP contribution >= 0.6 is 0 Å². The van der Waals surface area contributed by atoms with E-state index in [1.54, 1.807) is 0 Å². The predicted octanol–water partition coefficient (Wildman–Crippen LogP) is 4.01. The summed E-state index contributed by atoms with van der Waals surface area (Å²) in [5.41, 5.74) is 2.71. The molecule has 0 radical (unpaired) electrons. The minimum atomic E-state index is -1.43. The number of hydrogen-bond donors (Lipinski definition) is 4. The zero-order chi connectivity index (χ0) is 24.5. The Bertz CT molecular complexity index is 1260. The molecule has 0 bridgehead atoms. The first kappa shape index (κ1) is 23.2. The SMILES string of the molecule is CCc1c(-c2ccc(N3C[C@H]4C[C@H](NCc5ccccc5)C[C@H]4C3)cc2)[nH]c(=O)c(C(=O)O)c1O. The third kappa shape index (κ3) is 4.56. The molecule has 7 heteroatoms. The van der Waals surface area contributed by atoms with Crippen LogP contribution in [0.1, 0.15) is 41.3 Å². The van der Waals surface area contributed by atoms with Crippen LogP contribution in [0.25, 0.3) is 11.3 Å². The zero-order valence-corrected chi connectivity index (χ0v) is 19.8. The van der Waals surface area contributed by atoms with Crippen molar-refractivity contribution >= 4 is 11.7 Å². The van der Waals surface area contributed by atoms with Crippen molar-refractivity contribution in [2.24, 2.45) is 11.8 Å². The number of anilines is 1. The minimum absolute atomic E-state index is 0.398. The average Bonchev–Trinajstić information content (AvgIpc) is 3.42. The Morgan fingerprint density at radius 3 is 2.31 bits per heavy atom. The van der Waals surface area contributed by atoms with E-state index in [0.717, 1.165) is 30.9 Å². The molecule has 5 rings (SSSR count). The summed E-state index contributed by atoms with van der Waals surface area (Å²) in [5, 5.41) is 23.4. The quantitative estimate of drug-likeness (QED) is 0.413. The van der Waals surface area contributed by atoms with Gasteiger partial charge in [0.2, 0.25) is 0 Å². The molecule has 1 saturated carbocycles. The Morgan fingerprint density at radius 2 is 1.71 bits per heavy atom. The smallest absolute Gasteiger partial charge is 0.345 e. The van der Waals surface area contributed by atoms with E-state index >= 15 is 0 Å². The number of benzene rings is 2. The molecule has 1 aromatic heterocycles. The molecule has 0 amide bonds. The Balaban J connectivity index is 1.25. The third-order valence-corrected chi connectivity index (χ3v) is 7.57. The zero-order valence-electron chi connectivity index (χ0n) is 19.8. The Labute approximate surface area is 204 Å². The number of nitrogens with zero attached hydrogens (tertiary/aromatic N) is 1. The van der Waals surface area contributed by atoms with E-state index < -0.39 is 22.8 Å². The van der Waals surface area contributed by atoms with Crippen molar-refractivity contribution in [2.45, 2.75) is 38.8 Å². The lowest BCUT2D eigenvalue weighted by Crippen LogP contribution is -2.29. The number of carboxylic acids is 1. The first-order valence-corrected chi connectivity index (χ1v) is 12.3. The molecule has 1 saturated heterocycles. The van der Waals surface area contributed by atoms with Crippen LogP contribution in [0.2, 0.25) is 0 Å². The average molecular weight is 474 g/mol. The van der Waals surface area contributed by atoms with Crippen LogP contribution in [0.15, 0.2) is 59.4 Å². The molecule has 1 aliphatic heterocycles. The largest absolute Gasteiger partial charge is 0.506 e. The molecule has 7 nitrogen and oxygen atoms in total. The van der Waals surface area contributed by atoms with Gasteiger partial charge in [-0.05, 0) is 54.4 Å². The number of carboxylic acid groups (broad SMARTS) is 1. The van der Waals surface area contributed by atoms with Crippen LogP contribution < -0.4 is 15.8 Å². The standard InChI is InChI=1S/C28H31N3O4/c1-2-23-25(30-27(33)24(26(23)32)28(34)35)18-8-10-22(11-9-18)31-15-19-12-21(13-20(19)16-31)29-14-17-6-4-3-5-7-17/h3-11,19-21,29H,2,12-16H2,1H3,(H,34,35)(H2,30,32,33)/t19-,20+,21+. The highest BCUT2D eigenvalue weighted by molar-refractivity contribution is 5.92. The van der Waals surface area contributed by atoms with Crippen molar-refractivity contribution in [3.8, 4) is 17.0 Å². The number of fused-ring (bicyclic) bond motifs is 1. The van der Waals surface area contributed by atoms with Crippen LogP contribution in [0.5, 0.6) is 5.75 Å². The molecule has 4 N–H and O–H groups in total. The molecule has 35 heavy (non-hydrogen) atoms. The fraction of sp³-hybridized carbons (Fsp3) is 0.357. The van der Waals surface area contributed by atoms with Gasteiger partial charge in [0.1, 0.15) is 5.75 Å². The number of H-pyrrole nitrogens is 1. The first-order chi connectivity index (χ1) is 16.9. The normalized spacial score (nSPS) is 21.3. The number of carbonyl (C=O) groups is 1. The predicted molar refractivity (Wildman–Crippen MR) is 136 cm³/mol. The molecule has 1 aliphatic carbocycles. The lowest BCUT2D eigenvalue weighted by atomic mass is 10.0. The van der Waals surface area contributed by atoms with Crippen molar-refractivity contribution in [2.75, 3.05) is 18.0 Å². The lowest BCUT2D eigenvalue weighted by molar-refractivity contribution is 0.0691. The molecule has 2 fully saturated rings. The van der Waals surface area contributed by atoms with Crippen LogP contribution in [0.3, 0.4) is 0 Å². The number of rotatable bonds is 7. The fourth-order valence-electron chi connectivity index (χ4n) is 5.79. The number of aromatic hydroxyl groups is 1. The number of aromatic nitrogens is 1. The van der Waals surface area contributed by atoms with E-state index in [0.29, 0.717) is 35.6 Å². The maximum Gasteiger partial charge on any atom is 0.345 e. The van der Waals surface area contributed by atoms with Gasteiger partial charge in [0.25, 0.3) is 5.56 Å². The van der Waals surface area contributed by atoms with Gasteiger partial charge in [-0.1, -0.05) is 49.4 Å². The van der Waals surface area contributed by atoms with Crippen molar-refractivity contribution in [3.63, 3.8) is 0 Å². The molecule has 2 heterocycles. The number of nitrogens with one attached hydrogen (secondary N) is 2. The molecule has 2 aliphatic rings. The first-order valence-electron chi connectivity index (χ1n) is 12.3. The number of hydrogen-bond acceptors (Lipinski definition) is 5. The summed E-state index contributed by atoms with van der Waals surface area (Å²) in [6.45, 7) is 4.82. The highest BCUT2D eigenvalue weighted by Gasteiger charge is 2.40. The Morgan fingerprint density at radius 1 is 1.06 bits per heavy atom.